The maximum absolute atomic E-state index is 13.5. The summed E-state index contributed by atoms with van der Waals surface area (Å²) < 4.78 is 28.8. The Kier molecular flexibility index (Phi) is 2.70. The first-order valence-electron chi connectivity index (χ1n) is 5.68. The van der Waals surface area contributed by atoms with Crippen LogP contribution in [-0.2, 0) is 7.05 Å². The van der Waals surface area contributed by atoms with Crippen molar-refractivity contribution in [2.75, 3.05) is 5.43 Å². The Morgan fingerprint density at radius 2 is 2.10 bits per heavy atom. The summed E-state index contributed by atoms with van der Waals surface area (Å²) in [6, 6.07) is 3.01. The van der Waals surface area contributed by atoms with Crippen molar-refractivity contribution in [3.8, 4) is 0 Å². The van der Waals surface area contributed by atoms with Gasteiger partial charge in [-0.3, -0.25) is 14.9 Å². The molecular formula is C12H9F2N5O. The van der Waals surface area contributed by atoms with Crippen LogP contribution in [0.25, 0.3) is 11.0 Å². The van der Waals surface area contributed by atoms with Gasteiger partial charge in [0.2, 0.25) is 0 Å². The van der Waals surface area contributed by atoms with E-state index in [0.29, 0.717) is 11.0 Å². The van der Waals surface area contributed by atoms with Crippen molar-refractivity contribution in [3.05, 3.63) is 52.7 Å². The van der Waals surface area contributed by atoms with Crippen molar-refractivity contribution >= 4 is 16.7 Å². The molecule has 0 saturated carbocycles. The maximum atomic E-state index is 13.5. The van der Waals surface area contributed by atoms with Gasteiger partial charge in [-0.2, -0.15) is 5.10 Å². The van der Waals surface area contributed by atoms with Crippen LogP contribution in [0.15, 0.2) is 35.5 Å². The standard InChI is InChI=1S/C12H9F2N5O/c1-18-11-8(5-16-18)12(20)19(6-15-11)17-10-3-2-7(13)4-9(10)14/h2-6,17H,1H3. The SMILES string of the molecule is Cn1ncc2c(=O)n(Nc3ccc(F)cc3F)cnc21. The Labute approximate surface area is 111 Å². The van der Waals surface area contributed by atoms with Crippen LogP contribution in [0.4, 0.5) is 14.5 Å². The molecule has 0 saturated heterocycles. The molecule has 2 heterocycles. The summed E-state index contributed by atoms with van der Waals surface area (Å²) in [5.74, 6) is -1.50. The number of benzene rings is 1. The number of rotatable bonds is 2. The molecule has 0 spiro atoms. The summed E-state index contributed by atoms with van der Waals surface area (Å²) >= 11 is 0. The predicted octanol–water partition coefficient (Wildman–Crippen LogP) is 1.28. The zero-order chi connectivity index (χ0) is 14.3. The molecule has 1 N–H and O–H groups in total. The molecule has 0 atom stereocenters. The third-order valence-electron chi connectivity index (χ3n) is 2.82. The topological polar surface area (TPSA) is 64.7 Å². The third-order valence-corrected chi connectivity index (χ3v) is 2.82. The molecular weight excluding hydrogens is 268 g/mol. The van der Waals surface area contributed by atoms with Crippen LogP contribution in [0.3, 0.4) is 0 Å². The normalized spacial score (nSPS) is 10.9. The van der Waals surface area contributed by atoms with Gasteiger partial charge in [-0.05, 0) is 12.1 Å². The molecule has 8 heteroatoms. The first kappa shape index (κ1) is 12.3. The van der Waals surface area contributed by atoms with E-state index in [1.807, 2.05) is 0 Å². The Hall–Kier alpha value is -2.77. The first-order chi connectivity index (χ1) is 9.56. The van der Waals surface area contributed by atoms with Gasteiger partial charge in [-0.1, -0.05) is 0 Å². The van der Waals surface area contributed by atoms with Gasteiger partial charge in [0.05, 0.1) is 11.9 Å². The Balaban J connectivity index is 2.07. The number of fused-ring (bicyclic) bond motifs is 1. The Morgan fingerprint density at radius 3 is 2.85 bits per heavy atom. The second-order valence-electron chi connectivity index (χ2n) is 4.16. The first-order valence-corrected chi connectivity index (χ1v) is 5.68. The summed E-state index contributed by atoms with van der Waals surface area (Å²) in [6.45, 7) is 0. The predicted molar refractivity (Wildman–Crippen MR) is 68.1 cm³/mol. The van der Waals surface area contributed by atoms with Crippen molar-refractivity contribution in [3.63, 3.8) is 0 Å². The minimum Gasteiger partial charge on any atom is -0.287 e. The second kappa shape index (κ2) is 4.41. The molecule has 102 valence electrons. The minimum atomic E-state index is -0.803. The number of halogens is 2. The monoisotopic (exact) mass is 277 g/mol. The number of anilines is 1. The molecule has 20 heavy (non-hydrogen) atoms. The molecule has 3 aromatic rings. The van der Waals surface area contributed by atoms with Crippen LogP contribution in [0, 0.1) is 11.6 Å². The molecule has 1 aromatic carbocycles. The van der Waals surface area contributed by atoms with E-state index in [0.717, 1.165) is 16.8 Å². The molecule has 0 unspecified atom stereocenters. The molecule has 3 rings (SSSR count). The van der Waals surface area contributed by atoms with Crippen molar-refractivity contribution in [2.24, 2.45) is 7.05 Å². The van der Waals surface area contributed by atoms with Gasteiger partial charge >= 0.3 is 0 Å². The smallest absolute Gasteiger partial charge is 0.283 e. The van der Waals surface area contributed by atoms with E-state index in [2.05, 4.69) is 15.5 Å². The number of hydrogen-bond acceptors (Lipinski definition) is 4. The fourth-order valence-corrected chi connectivity index (χ4v) is 1.82. The molecule has 0 aliphatic rings. The Bertz CT molecular complexity index is 855. The van der Waals surface area contributed by atoms with Gasteiger partial charge in [-0.15, -0.1) is 0 Å². The van der Waals surface area contributed by atoms with Crippen molar-refractivity contribution in [1.29, 1.82) is 0 Å². The number of hydrogen-bond donors (Lipinski definition) is 1. The molecule has 0 radical (unpaired) electrons. The number of aromatic nitrogens is 4. The number of aryl methyl sites for hydroxylation is 1. The van der Waals surface area contributed by atoms with Gasteiger partial charge in [-0.25, -0.2) is 18.4 Å². The lowest BCUT2D eigenvalue weighted by atomic mass is 10.3. The highest BCUT2D eigenvalue weighted by Gasteiger charge is 2.10. The fraction of sp³-hybridized carbons (Fsp3) is 0.0833. The van der Waals surface area contributed by atoms with Crippen LogP contribution in [0.5, 0.6) is 0 Å². The lowest BCUT2D eigenvalue weighted by Crippen LogP contribution is -2.26. The number of nitrogens with zero attached hydrogens (tertiary/aromatic N) is 4. The van der Waals surface area contributed by atoms with E-state index < -0.39 is 17.2 Å². The molecule has 0 amide bonds. The second-order valence-corrected chi connectivity index (χ2v) is 4.16. The molecule has 0 aliphatic carbocycles. The quantitative estimate of drug-likeness (QED) is 0.766. The molecule has 0 fully saturated rings. The van der Waals surface area contributed by atoms with Gasteiger partial charge in [0.25, 0.3) is 5.56 Å². The third kappa shape index (κ3) is 1.91. The highest BCUT2D eigenvalue weighted by Crippen LogP contribution is 2.14. The molecule has 0 aliphatic heterocycles. The van der Waals surface area contributed by atoms with Crippen LogP contribution in [-0.4, -0.2) is 19.4 Å². The lowest BCUT2D eigenvalue weighted by Gasteiger charge is -2.09. The van der Waals surface area contributed by atoms with Gasteiger partial charge in [0, 0.05) is 13.1 Å². The van der Waals surface area contributed by atoms with Crippen molar-refractivity contribution < 1.29 is 8.78 Å². The van der Waals surface area contributed by atoms with Crippen LogP contribution in [0.2, 0.25) is 0 Å². The minimum absolute atomic E-state index is 0.0291. The molecule has 6 nitrogen and oxygen atoms in total. The van der Waals surface area contributed by atoms with Crippen LogP contribution >= 0.6 is 0 Å². The van der Waals surface area contributed by atoms with E-state index in [1.54, 1.807) is 7.05 Å². The van der Waals surface area contributed by atoms with E-state index >= 15 is 0 Å². The Morgan fingerprint density at radius 1 is 1.30 bits per heavy atom. The van der Waals surface area contributed by atoms with Crippen LogP contribution in [0.1, 0.15) is 0 Å². The highest BCUT2D eigenvalue weighted by atomic mass is 19.1. The average molecular weight is 277 g/mol. The summed E-state index contributed by atoms with van der Waals surface area (Å²) in [4.78, 5) is 16.2. The van der Waals surface area contributed by atoms with E-state index in [9.17, 15) is 13.6 Å². The summed E-state index contributed by atoms with van der Waals surface area (Å²) in [5, 5.41) is 4.22. The maximum Gasteiger partial charge on any atom is 0.283 e. The van der Waals surface area contributed by atoms with Crippen molar-refractivity contribution in [2.45, 2.75) is 0 Å². The van der Waals surface area contributed by atoms with E-state index in [1.165, 1.54) is 23.3 Å². The number of nitrogens with one attached hydrogen (secondary N) is 1. The van der Waals surface area contributed by atoms with E-state index in [-0.39, 0.29) is 5.69 Å². The summed E-state index contributed by atoms with van der Waals surface area (Å²) in [5.41, 5.74) is 2.50. The van der Waals surface area contributed by atoms with E-state index in [4.69, 9.17) is 0 Å². The molecule has 0 bridgehead atoms. The van der Waals surface area contributed by atoms with Gasteiger partial charge in [0.15, 0.2) is 11.5 Å². The zero-order valence-corrected chi connectivity index (χ0v) is 10.3. The summed E-state index contributed by atoms with van der Waals surface area (Å²) in [7, 11) is 1.66. The fourth-order valence-electron chi connectivity index (χ4n) is 1.82. The summed E-state index contributed by atoms with van der Waals surface area (Å²) in [6.07, 6.45) is 2.60. The molecule has 2 aromatic heterocycles. The highest BCUT2D eigenvalue weighted by molar-refractivity contribution is 5.72. The zero-order valence-electron chi connectivity index (χ0n) is 10.3. The largest absolute Gasteiger partial charge is 0.287 e. The van der Waals surface area contributed by atoms with Crippen LogP contribution < -0.4 is 11.0 Å². The van der Waals surface area contributed by atoms with Crippen molar-refractivity contribution in [1.82, 2.24) is 19.4 Å². The lowest BCUT2D eigenvalue weighted by molar-refractivity contribution is 0.583. The van der Waals surface area contributed by atoms with Gasteiger partial charge < -0.3 is 0 Å². The van der Waals surface area contributed by atoms with Gasteiger partial charge in [0.1, 0.15) is 17.5 Å². The average Bonchev–Trinajstić information content (AvgIpc) is 2.78.